The number of nitrogens with zero attached hydrogens (tertiary/aromatic N) is 3. The minimum atomic E-state index is -0.187. The molecule has 4 aromatic rings. The van der Waals surface area contributed by atoms with E-state index in [1.54, 1.807) is 29.4 Å². The lowest BCUT2D eigenvalue weighted by atomic mass is 10.2. The van der Waals surface area contributed by atoms with E-state index in [9.17, 15) is 4.79 Å². The largest absolute Gasteiger partial charge is 0.494 e. The van der Waals surface area contributed by atoms with Crippen LogP contribution in [0, 0.1) is 0 Å². The molecule has 31 heavy (non-hydrogen) atoms. The van der Waals surface area contributed by atoms with E-state index in [2.05, 4.69) is 4.98 Å². The van der Waals surface area contributed by atoms with E-state index < -0.39 is 0 Å². The van der Waals surface area contributed by atoms with Gasteiger partial charge in [-0.05, 0) is 54.5 Å². The number of hydrogen-bond donors (Lipinski definition) is 0. The normalized spacial score (nSPS) is 11.2. The van der Waals surface area contributed by atoms with Crippen LogP contribution < -0.4 is 9.64 Å². The van der Waals surface area contributed by atoms with Gasteiger partial charge in [-0.15, -0.1) is 0 Å². The number of rotatable bonds is 7. The summed E-state index contributed by atoms with van der Waals surface area (Å²) in [6, 6.07) is 16.9. The zero-order valence-electron chi connectivity index (χ0n) is 16.9. The molecule has 1 amide bonds. The monoisotopic (exact) mass is 449 g/mol. The molecule has 0 N–H and O–H groups in total. The zero-order chi connectivity index (χ0) is 21.6. The molecule has 0 bridgehead atoms. The summed E-state index contributed by atoms with van der Waals surface area (Å²) in [6.45, 7) is 2.90. The van der Waals surface area contributed by atoms with Crippen molar-refractivity contribution in [3.63, 3.8) is 0 Å². The highest BCUT2D eigenvalue weighted by Gasteiger charge is 2.19. The lowest BCUT2D eigenvalue weighted by Gasteiger charge is -2.18. The average molecular weight is 450 g/mol. The Morgan fingerprint density at radius 2 is 2.06 bits per heavy atom. The molecule has 0 aliphatic carbocycles. The highest BCUT2D eigenvalue weighted by Crippen LogP contribution is 2.32. The number of carbonyl (C=O) groups is 1. The van der Waals surface area contributed by atoms with E-state index in [4.69, 9.17) is 21.3 Å². The maximum Gasteiger partial charge on any atom is 0.253 e. The van der Waals surface area contributed by atoms with Crippen LogP contribution in [0.1, 0.15) is 18.1 Å². The Hall–Kier alpha value is -3.22. The smallest absolute Gasteiger partial charge is 0.253 e. The molecule has 2 heterocycles. The Labute approximate surface area is 189 Å². The summed E-state index contributed by atoms with van der Waals surface area (Å²) in [6.07, 6.45) is 6.70. The van der Waals surface area contributed by atoms with Gasteiger partial charge in [-0.1, -0.05) is 47.2 Å². The predicted octanol–water partition coefficient (Wildman–Crippen LogP) is 5.99. The van der Waals surface area contributed by atoms with E-state index in [-0.39, 0.29) is 5.91 Å². The maximum absolute atomic E-state index is 13.2. The third-order valence-corrected chi connectivity index (χ3v) is 5.92. The van der Waals surface area contributed by atoms with Crippen molar-refractivity contribution in [2.24, 2.45) is 0 Å². The van der Waals surface area contributed by atoms with E-state index in [0.29, 0.717) is 23.3 Å². The van der Waals surface area contributed by atoms with Gasteiger partial charge in [0.05, 0.1) is 23.4 Å². The number of benzene rings is 2. The molecule has 0 saturated heterocycles. The van der Waals surface area contributed by atoms with Gasteiger partial charge < -0.3 is 4.74 Å². The number of halogens is 1. The molecule has 0 spiro atoms. The number of pyridine rings is 1. The quantitative estimate of drug-likeness (QED) is 0.325. The summed E-state index contributed by atoms with van der Waals surface area (Å²) in [5.41, 5.74) is 2.52. The zero-order valence-corrected chi connectivity index (χ0v) is 18.4. The Morgan fingerprint density at radius 3 is 2.84 bits per heavy atom. The lowest BCUT2D eigenvalue weighted by molar-refractivity contribution is -0.114. The average Bonchev–Trinajstić information content (AvgIpc) is 3.21. The number of carbonyl (C=O) groups excluding carboxylic acids is 1. The minimum absolute atomic E-state index is 0.187. The van der Waals surface area contributed by atoms with Crippen LogP contribution in [0.5, 0.6) is 5.75 Å². The topological polar surface area (TPSA) is 55.3 Å². The second kappa shape index (κ2) is 9.73. The van der Waals surface area contributed by atoms with Crippen LogP contribution in [0.3, 0.4) is 0 Å². The molecular formula is C24H20ClN3O2S. The van der Waals surface area contributed by atoms with Crippen LogP contribution in [0.2, 0.25) is 5.02 Å². The van der Waals surface area contributed by atoms with Crippen LogP contribution in [0.15, 0.2) is 73.1 Å². The van der Waals surface area contributed by atoms with Crippen LogP contribution in [-0.4, -0.2) is 22.5 Å². The molecule has 0 radical (unpaired) electrons. The van der Waals surface area contributed by atoms with Gasteiger partial charge >= 0.3 is 0 Å². The van der Waals surface area contributed by atoms with Gasteiger partial charge in [0.2, 0.25) is 0 Å². The molecular weight excluding hydrogens is 430 g/mol. The van der Waals surface area contributed by atoms with Crippen LogP contribution in [0.25, 0.3) is 16.3 Å². The Balaban J connectivity index is 1.67. The molecule has 0 fully saturated rings. The second-order valence-corrected chi connectivity index (χ2v) is 8.12. The van der Waals surface area contributed by atoms with Crippen molar-refractivity contribution in [1.82, 2.24) is 9.97 Å². The molecule has 2 aromatic heterocycles. The molecule has 156 valence electrons. The van der Waals surface area contributed by atoms with Gasteiger partial charge in [-0.3, -0.25) is 14.7 Å². The fraction of sp³-hybridized carbons (Fsp3) is 0.125. The summed E-state index contributed by atoms with van der Waals surface area (Å²) >= 11 is 7.67. The summed E-state index contributed by atoms with van der Waals surface area (Å²) < 4.78 is 6.55. The van der Waals surface area contributed by atoms with Gasteiger partial charge in [0, 0.05) is 23.5 Å². The van der Waals surface area contributed by atoms with Crippen molar-refractivity contribution in [3.8, 4) is 5.75 Å². The van der Waals surface area contributed by atoms with E-state index >= 15 is 0 Å². The first-order valence-electron chi connectivity index (χ1n) is 9.80. The second-order valence-electron chi connectivity index (χ2n) is 6.70. The summed E-state index contributed by atoms with van der Waals surface area (Å²) in [5, 5.41) is 1.20. The number of hydrogen-bond acceptors (Lipinski definition) is 5. The Bertz CT molecular complexity index is 1220. The van der Waals surface area contributed by atoms with Crippen LogP contribution in [0.4, 0.5) is 5.13 Å². The van der Waals surface area contributed by atoms with Gasteiger partial charge in [0.25, 0.3) is 5.91 Å². The van der Waals surface area contributed by atoms with Crippen molar-refractivity contribution in [3.05, 3.63) is 89.2 Å². The molecule has 0 atom stereocenters. The molecule has 4 rings (SSSR count). The van der Waals surface area contributed by atoms with Crippen molar-refractivity contribution in [2.75, 3.05) is 11.5 Å². The van der Waals surface area contributed by atoms with Gasteiger partial charge in [-0.25, -0.2) is 4.98 Å². The minimum Gasteiger partial charge on any atom is -0.494 e. The standard InChI is InChI=1S/C24H20ClN3O2S/c1-2-30-19-10-11-21-22(14-19)31-24(27-21)28(16-17-6-5-13-26-15-17)23(29)12-9-18-7-3-4-8-20(18)25/h3-15H,2,16H2,1H3/b12-9+. The van der Waals surface area contributed by atoms with Gasteiger partial charge in [-0.2, -0.15) is 0 Å². The molecule has 5 nitrogen and oxygen atoms in total. The fourth-order valence-electron chi connectivity index (χ4n) is 3.04. The van der Waals surface area contributed by atoms with Crippen molar-refractivity contribution in [1.29, 1.82) is 0 Å². The first-order valence-corrected chi connectivity index (χ1v) is 11.0. The number of amides is 1. The van der Waals surface area contributed by atoms with Crippen molar-refractivity contribution < 1.29 is 9.53 Å². The number of anilines is 1. The van der Waals surface area contributed by atoms with Crippen molar-refractivity contribution >= 4 is 50.3 Å². The SMILES string of the molecule is CCOc1ccc2nc(N(Cc3cccnc3)C(=O)/C=C/c3ccccc3Cl)sc2c1. The number of thiazole rings is 1. The summed E-state index contributed by atoms with van der Waals surface area (Å²) in [7, 11) is 0. The first-order chi connectivity index (χ1) is 15.1. The molecule has 2 aromatic carbocycles. The lowest BCUT2D eigenvalue weighted by Crippen LogP contribution is -2.28. The van der Waals surface area contributed by atoms with Gasteiger partial charge in [0.1, 0.15) is 5.75 Å². The van der Waals surface area contributed by atoms with E-state index in [1.807, 2.05) is 55.5 Å². The molecule has 0 aliphatic heterocycles. The first kappa shape index (κ1) is 21.0. The van der Waals surface area contributed by atoms with Crippen LogP contribution >= 0.6 is 22.9 Å². The molecule has 0 saturated carbocycles. The van der Waals surface area contributed by atoms with Crippen molar-refractivity contribution in [2.45, 2.75) is 13.5 Å². The maximum atomic E-state index is 13.2. The molecule has 0 aliphatic rings. The number of aromatic nitrogens is 2. The summed E-state index contributed by atoms with van der Waals surface area (Å²) in [5.74, 6) is 0.599. The molecule has 0 unspecified atom stereocenters. The van der Waals surface area contributed by atoms with E-state index in [1.165, 1.54) is 17.4 Å². The Kier molecular flexibility index (Phi) is 6.60. The summed E-state index contributed by atoms with van der Waals surface area (Å²) in [4.78, 5) is 23.7. The number of ether oxygens (including phenoxy) is 1. The third kappa shape index (κ3) is 5.10. The fourth-order valence-corrected chi connectivity index (χ4v) is 4.24. The highest BCUT2D eigenvalue weighted by atomic mass is 35.5. The Morgan fingerprint density at radius 1 is 1.19 bits per heavy atom. The third-order valence-electron chi connectivity index (χ3n) is 4.53. The molecule has 7 heteroatoms. The van der Waals surface area contributed by atoms with Gasteiger partial charge in [0.15, 0.2) is 5.13 Å². The highest BCUT2D eigenvalue weighted by molar-refractivity contribution is 7.22. The van der Waals surface area contributed by atoms with Crippen LogP contribution in [-0.2, 0) is 11.3 Å². The number of fused-ring (bicyclic) bond motifs is 1. The van der Waals surface area contributed by atoms with E-state index in [0.717, 1.165) is 27.1 Å². The predicted molar refractivity (Wildman–Crippen MR) is 127 cm³/mol.